The molecule has 0 aliphatic heterocycles. The number of aromatic carboxylic acids is 2. The van der Waals surface area contributed by atoms with Crippen molar-refractivity contribution >= 4 is 22.6 Å². The average molecular weight is 336 g/mol. The number of benzene rings is 2. The number of carbonyl (C=O) groups is 2. The Bertz CT molecular complexity index is 636. The van der Waals surface area contributed by atoms with Gasteiger partial charge in [0.15, 0.2) is 10.7 Å². The Balaban J connectivity index is 0.000000332. The molecular formula is C16H16O6S. The molecule has 6 nitrogen and oxygen atoms in total. The molecule has 2 aromatic carbocycles. The minimum absolute atomic E-state index is 0.331. The van der Waals surface area contributed by atoms with E-state index in [0.717, 1.165) is 5.41 Å². The van der Waals surface area contributed by atoms with Crippen LogP contribution in [0.3, 0.4) is 0 Å². The number of thiol groups is 1. The zero-order chi connectivity index (χ0) is 17.7. The Labute approximate surface area is 135 Å². The molecule has 2 rings (SSSR count). The quantitative estimate of drug-likeness (QED) is 0.743. The summed E-state index contributed by atoms with van der Waals surface area (Å²) in [4.78, 5) is 20.4. The molecular weight excluding hydrogens is 320 g/mol. The highest BCUT2D eigenvalue weighted by Gasteiger charge is 1.97. The Morgan fingerprint density at radius 3 is 1.17 bits per heavy atom. The summed E-state index contributed by atoms with van der Waals surface area (Å²) in [5, 5.41) is 17.6. The molecule has 0 aliphatic rings. The summed E-state index contributed by atoms with van der Waals surface area (Å²) in [5.74, 6) is -1.76. The van der Waals surface area contributed by atoms with Crippen LogP contribution in [0.15, 0.2) is 72.7 Å². The largest absolute Gasteiger partial charge is 0.478 e. The van der Waals surface area contributed by atoms with Gasteiger partial charge in [0.1, 0.15) is 0 Å². The minimum Gasteiger partial charge on any atom is -0.478 e. The molecule has 0 radical (unpaired) electrons. The maximum Gasteiger partial charge on any atom is 0.335 e. The number of carboxylic acid groups (broad SMARTS) is 2. The monoisotopic (exact) mass is 336 g/mol. The maximum absolute atomic E-state index is 10.2. The van der Waals surface area contributed by atoms with Gasteiger partial charge in [0, 0.05) is 5.41 Å². The van der Waals surface area contributed by atoms with E-state index in [0.29, 0.717) is 11.1 Å². The maximum atomic E-state index is 10.2. The lowest BCUT2D eigenvalue weighted by molar-refractivity contribution is 0.0686. The molecule has 0 aliphatic carbocycles. The Morgan fingerprint density at radius 2 is 1.04 bits per heavy atom. The van der Waals surface area contributed by atoms with Crippen LogP contribution in [0.1, 0.15) is 20.7 Å². The summed E-state index contributed by atoms with van der Waals surface area (Å²) in [7, 11) is -2.33. The van der Waals surface area contributed by atoms with Gasteiger partial charge in [0.2, 0.25) is 0 Å². The van der Waals surface area contributed by atoms with Crippen molar-refractivity contribution in [2.24, 2.45) is 0 Å². The van der Waals surface area contributed by atoms with Crippen LogP contribution in [-0.4, -0.2) is 30.6 Å². The summed E-state index contributed by atoms with van der Waals surface area (Å²) in [6.07, 6.45) is 0. The highest BCUT2D eigenvalue weighted by Crippen LogP contribution is 1.96. The number of carboxylic acids is 2. The highest BCUT2D eigenvalue weighted by molar-refractivity contribution is 7.75. The van der Waals surface area contributed by atoms with Crippen LogP contribution in [0.25, 0.3) is 0 Å². The lowest BCUT2D eigenvalue weighted by Crippen LogP contribution is -1.93. The van der Waals surface area contributed by atoms with E-state index in [4.69, 9.17) is 10.2 Å². The fourth-order valence-corrected chi connectivity index (χ4v) is 1.16. The SMILES string of the molecule is C=C[SH](=O)=O.O=C(O)c1ccccc1.O=C(O)c1ccccc1. The van der Waals surface area contributed by atoms with Crippen molar-refractivity contribution in [3.8, 4) is 0 Å². The van der Waals surface area contributed by atoms with Crippen molar-refractivity contribution in [2.75, 3.05) is 0 Å². The van der Waals surface area contributed by atoms with Gasteiger partial charge < -0.3 is 10.2 Å². The Hall–Kier alpha value is -2.93. The topological polar surface area (TPSA) is 109 Å². The summed E-state index contributed by atoms with van der Waals surface area (Å²) < 4.78 is 18.6. The van der Waals surface area contributed by atoms with Crippen molar-refractivity contribution in [1.29, 1.82) is 0 Å². The van der Waals surface area contributed by atoms with E-state index in [-0.39, 0.29) is 0 Å². The van der Waals surface area contributed by atoms with Gasteiger partial charge in [-0.1, -0.05) is 43.0 Å². The number of rotatable bonds is 3. The van der Waals surface area contributed by atoms with Gasteiger partial charge >= 0.3 is 11.9 Å². The van der Waals surface area contributed by atoms with E-state index in [1.807, 2.05) is 0 Å². The number of hydrogen-bond donors (Lipinski definition) is 3. The number of hydrogen-bond acceptors (Lipinski definition) is 4. The van der Waals surface area contributed by atoms with Gasteiger partial charge in [-0.25, -0.2) is 18.0 Å². The molecule has 23 heavy (non-hydrogen) atoms. The van der Waals surface area contributed by atoms with Gasteiger partial charge in [-0.05, 0) is 24.3 Å². The second-order valence-electron chi connectivity index (χ2n) is 3.81. The van der Waals surface area contributed by atoms with Gasteiger partial charge in [0.25, 0.3) is 0 Å². The van der Waals surface area contributed by atoms with Gasteiger partial charge in [-0.15, -0.1) is 0 Å². The smallest absolute Gasteiger partial charge is 0.335 e. The molecule has 2 aromatic rings. The summed E-state index contributed by atoms with van der Waals surface area (Å²) in [6.45, 7) is 2.96. The van der Waals surface area contributed by atoms with E-state index in [1.54, 1.807) is 60.7 Å². The minimum atomic E-state index is -2.33. The zero-order valence-electron chi connectivity index (χ0n) is 12.0. The summed E-state index contributed by atoms with van der Waals surface area (Å²) >= 11 is 0. The Kier molecular flexibility index (Phi) is 10.2. The Morgan fingerprint density at radius 1 is 0.783 bits per heavy atom. The van der Waals surface area contributed by atoms with Crippen LogP contribution in [0.5, 0.6) is 0 Å². The van der Waals surface area contributed by atoms with Gasteiger partial charge in [0.05, 0.1) is 11.1 Å². The molecule has 0 unspecified atom stereocenters. The molecule has 122 valence electrons. The zero-order valence-corrected chi connectivity index (χ0v) is 12.9. The molecule has 0 saturated heterocycles. The third-order valence-corrected chi connectivity index (χ3v) is 2.49. The van der Waals surface area contributed by atoms with Crippen LogP contribution in [0.2, 0.25) is 0 Å². The molecule has 0 bridgehead atoms. The molecule has 0 spiro atoms. The summed E-state index contributed by atoms with van der Waals surface area (Å²) in [6, 6.07) is 16.6. The summed E-state index contributed by atoms with van der Waals surface area (Å²) in [5.41, 5.74) is 0.662. The van der Waals surface area contributed by atoms with Gasteiger partial charge in [-0.3, -0.25) is 0 Å². The van der Waals surface area contributed by atoms with Crippen molar-refractivity contribution in [2.45, 2.75) is 0 Å². The second-order valence-corrected chi connectivity index (χ2v) is 4.75. The van der Waals surface area contributed by atoms with Crippen molar-refractivity contribution < 1.29 is 28.2 Å². The third-order valence-electron chi connectivity index (χ3n) is 2.19. The fourth-order valence-electron chi connectivity index (χ4n) is 1.16. The average Bonchev–Trinajstić information content (AvgIpc) is 2.57. The fraction of sp³-hybridized carbons (Fsp3) is 0. The van der Waals surface area contributed by atoms with E-state index < -0.39 is 22.6 Å². The van der Waals surface area contributed by atoms with Crippen molar-refractivity contribution in [3.63, 3.8) is 0 Å². The third kappa shape index (κ3) is 10.4. The van der Waals surface area contributed by atoms with Crippen LogP contribution in [0, 0.1) is 0 Å². The molecule has 7 heteroatoms. The lowest BCUT2D eigenvalue weighted by Gasteiger charge is -1.88. The van der Waals surface area contributed by atoms with Crippen LogP contribution in [-0.2, 0) is 10.7 Å². The molecule has 0 fully saturated rings. The second kappa shape index (κ2) is 11.7. The van der Waals surface area contributed by atoms with Crippen LogP contribution < -0.4 is 0 Å². The molecule has 0 atom stereocenters. The predicted molar refractivity (Wildman–Crippen MR) is 87.3 cm³/mol. The molecule has 0 heterocycles. The van der Waals surface area contributed by atoms with E-state index in [1.165, 1.54) is 0 Å². The van der Waals surface area contributed by atoms with Crippen molar-refractivity contribution in [3.05, 3.63) is 83.8 Å². The molecule has 0 saturated carbocycles. The van der Waals surface area contributed by atoms with Crippen LogP contribution >= 0.6 is 0 Å². The first kappa shape index (κ1) is 20.1. The molecule has 0 aromatic heterocycles. The molecule has 0 amide bonds. The lowest BCUT2D eigenvalue weighted by atomic mass is 10.2. The standard InChI is InChI=1S/2C7H6O2.C2H4O2S/c2*8-7(9)6-4-2-1-3-5-6;1-2-5(3)4/h2*1-5H,(H,8,9);2,5H,1H2. The molecule has 2 N–H and O–H groups in total. The van der Waals surface area contributed by atoms with E-state index >= 15 is 0 Å². The predicted octanol–water partition coefficient (Wildman–Crippen LogP) is 2.51. The van der Waals surface area contributed by atoms with Crippen LogP contribution in [0.4, 0.5) is 0 Å². The highest BCUT2D eigenvalue weighted by atomic mass is 32.2. The first-order valence-electron chi connectivity index (χ1n) is 6.21. The first-order chi connectivity index (χ1) is 10.9. The van der Waals surface area contributed by atoms with Gasteiger partial charge in [-0.2, -0.15) is 0 Å². The van der Waals surface area contributed by atoms with Crippen molar-refractivity contribution in [1.82, 2.24) is 0 Å². The van der Waals surface area contributed by atoms with E-state index in [2.05, 4.69) is 6.58 Å². The van der Waals surface area contributed by atoms with E-state index in [9.17, 15) is 18.0 Å². The first-order valence-corrected chi connectivity index (χ1v) is 7.46. The normalized spacial score (nSPS) is 8.74.